The highest BCUT2D eigenvalue weighted by atomic mass is 16.2. The number of aromatic nitrogens is 2. The molecule has 0 bridgehead atoms. The average molecular weight is 351 g/mol. The molecule has 26 heavy (non-hydrogen) atoms. The Hall–Kier alpha value is -2.23. The summed E-state index contributed by atoms with van der Waals surface area (Å²) in [4.78, 5) is 24.2. The van der Waals surface area contributed by atoms with Gasteiger partial charge in [0.05, 0.1) is 5.69 Å². The van der Waals surface area contributed by atoms with Crippen molar-refractivity contribution in [2.45, 2.75) is 58.8 Å². The van der Waals surface area contributed by atoms with Crippen LogP contribution in [0.4, 0.5) is 0 Å². The number of aryl methyl sites for hydroxylation is 2. The third kappa shape index (κ3) is 4.69. The third-order valence-electron chi connectivity index (χ3n) is 4.92. The van der Waals surface area contributed by atoms with E-state index < -0.39 is 0 Å². The van der Waals surface area contributed by atoms with Gasteiger partial charge in [-0.2, -0.15) is 0 Å². The standard InChI is InChI=1S/C22H29N3O/c1-3-10-21-23-17(2)15-20(24-21)18-11-9-12-19(16-18)22(26)25-13-7-5-4-6-8-14-25/h9,11-12,15-16H,3-8,10,13-14H2,1-2H3. The van der Waals surface area contributed by atoms with E-state index in [1.54, 1.807) is 0 Å². The summed E-state index contributed by atoms with van der Waals surface area (Å²) in [5.41, 5.74) is 3.63. The van der Waals surface area contributed by atoms with Crippen LogP contribution in [0.1, 0.15) is 67.3 Å². The number of nitrogens with zero attached hydrogens (tertiary/aromatic N) is 3. The maximum absolute atomic E-state index is 13.0. The van der Waals surface area contributed by atoms with Crippen LogP contribution < -0.4 is 0 Å². The first-order valence-corrected chi connectivity index (χ1v) is 9.91. The lowest BCUT2D eigenvalue weighted by atomic mass is 10.0. The molecule has 0 unspecified atom stereocenters. The zero-order chi connectivity index (χ0) is 18.4. The largest absolute Gasteiger partial charge is 0.339 e. The van der Waals surface area contributed by atoms with Gasteiger partial charge in [-0.3, -0.25) is 4.79 Å². The van der Waals surface area contributed by atoms with E-state index in [-0.39, 0.29) is 5.91 Å². The zero-order valence-electron chi connectivity index (χ0n) is 16.0. The quantitative estimate of drug-likeness (QED) is 0.794. The lowest BCUT2D eigenvalue weighted by Crippen LogP contribution is -2.33. The Morgan fingerprint density at radius 3 is 2.50 bits per heavy atom. The van der Waals surface area contributed by atoms with Gasteiger partial charge in [0.25, 0.3) is 5.91 Å². The highest BCUT2D eigenvalue weighted by Crippen LogP contribution is 2.21. The predicted octanol–water partition coefficient (Wildman–Crippen LogP) is 4.81. The minimum Gasteiger partial charge on any atom is -0.339 e. The van der Waals surface area contributed by atoms with E-state index in [0.717, 1.165) is 67.1 Å². The molecule has 3 rings (SSSR count). The number of hydrogen-bond acceptors (Lipinski definition) is 3. The van der Waals surface area contributed by atoms with Gasteiger partial charge in [0.2, 0.25) is 0 Å². The van der Waals surface area contributed by atoms with Gasteiger partial charge in [-0.1, -0.05) is 38.3 Å². The molecule has 1 aliphatic rings. The van der Waals surface area contributed by atoms with Crippen LogP contribution in [0.3, 0.4) is 0 Å². The summed E-state index contributed by atoms with van der Waals surface area (Å²) in [6, 6.07) is 9.90. The number of likely N-dealkylation sites (tertiary alicyclic amines) is 1. The predicted molar refractivity (Wildman–Crippen MR) is 105 cm³/mol. The van der Waals surface area contributed by atoms with E-state index >= 15 is 0 Å². The smallest absolute Gasteiger partial charge is 0.253 e. The monoisotopic (exact) mass is 351 g/mol. The van der Waals surface area contributed by atoms with Gasteiger partial charge < -0.3 is 4.90 Å². The van der Waals surface area contributed by atoms with Crippen LogP contribution in [0.2, 0.25) is 0 Å². The first kappa shape index (κ1) is 18.6. The summed E-state index contributed by atoms with van der Waals surface area (Å²) in [5, 5.41) is 0. The van der Waals surface area contributed by atoms with Crippen LogP contribution in [0.25, 0.3) is 11.3 Å². The molecule has 0 saturated carbocycles. The molecule has 0 N–H and O–H groups in total. The molecule has 1 saturated heterocycles. The molecule has 2 heterocycles. The molecule has 1 aromatic carbocycles. The first-order valence-electron chi connectivity index (χ1n) is 9.91. The van der Waals surface area contributed by atoms with Crippen molar-refractivity contribution in [3.8, 4) is 11.3 Å². The summed E-state index contributed by atoms with van der Waals surface area (Å²) in [6.07, 6.45) is 7.87. The minimum absolute atomic E-state index is 0.147. The van der Waals surface area contributed by atoms with Crippen LogP contribution in [0.5, 0.6) is 0 Å². The normalized spacial score (nSPS) is 15.4. The number of carbonyl (C=O) groups is 1. The van der Waals surface area contributed by atoms with E-state index in [4.69, 9.17) is 4.98 Å². The maximum atomic E-state index is 13.0. The van der Waals surface area contributed by atoms with Gasteiger partial charge in [-0.15, -0.1) is 0 Å². The average Bonchev–Trinajstić information content (AvgIpc) is 2.61. The number of hydrogen-bond donors (Lipinski definition) is 0. The highest BCUT2D eigenvalue weighted by molar-refractivity contribution is 5.95. The topological polar surface area (TPSA) is 46.1 Å². The van der Waals surface area contributed by atoms with Crippen LogP contribution in [0.15, 0.2) is 30.3 Å². The zero-order valence-corrected chi connectivity index (χ0v) is 16.0. The SMILES string of the molecule is CCCc1nc(C)cc(-c2cccc(C(=O)N3CCCCCCC3)c2)n1. The molecule has 2 aromatic rings. The molecule has 138 valence electrons. The fourth-order valence-electron chi connectivity index (χ4n) is 3.56. The van der Waals surface area contributed by atoms with Crippen LogP contribution in [-0.4, -0.2) is 33.9 Å². The van der Waals surface area contributed by atoms with Crippen molar-refractivity contribution in [2.24, 2.45) is 0 Å². The molecular formula is C22H29N3O. The van der Waals surface area contributed by atoms with Crippen LogP contribution in [0, 0.1) is 6.92 Å². The van der Waals surface area contributed by atoms with E-state index in [1.165, 1.54) is 19.3 Å². The molecule has 0 atom stereocenters. The van der Waals surface area contributed by atoms with Crippen molar-refractivity contribution < 1.29 is 4.79 Å². The Bertz CT molecular complexity index is 749. The third-order valence-corrected chi connectivity index (χ3v) is 4.92. The van der Waals surface area contributed by atoms with E-state index in [2.05, 4.69) is 11.9 Å². The Balaban J connectivity index is 1.84. The summed E-state index contributed by atoms with van der Waals surface area (Å²) in [5.74, 6) is 1.02. The van der Waals surface area contributed by atoms with Gasteiger partial charge in [-0.25, -0.2) is 9.97 Å². The first-order chi connectivity index (χ1) is 12.7. The van der Waals surface area contributed by atoms with Crippen molar-refractivity contribution in [2.75, 3.05) is 13.1 Å². The Kier molecular flexibility index (Phi) is 6.37. The van der Waals surface area contributed by atoms with Gasteiger partial charge in [0.15, 0.2) is 0 Å². The number of amides is 1. The molecule has 4 nitrogen and oxygen atoms in total. The number of benzene rings is 1. The molecule has 4 heteroatoms. The summed E-state index contributed by atoms with van der Waals surface area (Å²) >= 11 is 0. The molecule has 0 spiro atoms. The fourth-order valence-corrected chi connectivity index (χ4v) is 3.56. The lowest BCUT2D eigenvalue weighted by Gasteiger charge is -2.25. The Morgan fingerprint density at radius 2 is 1.77 bits per heavy atom. The second-order valence-electron chi connectivity index (χ2n) is 7.20. The highest BCUT2D eigenvalue weighted by Gasteiger charge is 2.17. The fraction of sp³-hybridized carbons (Fsp3) is 0.500. The molecule has 0 aliphatic carbocycles. The molecule has 0 radical (unpaired) electrons. The van der Waals surface area contributed by atoms with Gasteiger partial charge in [0.1, 0.15) is 5.82 Å². The van der Waals surface area contributed by atoms with Gasteiger partial charge in [-0.05, 0) is 44.4 Å². The second kappa shape index (κ2) is 8.93. The van der Waals surface area contributed by atoms with Crippen molar-refractivity contribution in [1.29, 1.82) is 0 Å². The van der Waals surface area contributed by atoms with Crippen molar-refractivity contribution in [3.05, 3.63) is 47.4 Å². The molecular weight excluding hydrogens is 322 g/mol. The Morgan fingerprint density at radius 1 is 1.04 bits per heavy atom. The summed E-state index contributed by atoms with van der Waals surface area (Å²) in [7, 11) is 0. The van der Waals surface area contributed by atoms with Crippen molar-refractivity contribution in [3.63, 3.8) is 0 Å². The maximum Gasteiger partial charge on any atom is 0.253 e. The number of carbonyl (C=O) groups excluding carboxylic acids is 1. The summed E-state index contributed by atoms with van der Waals surface area (Å²) in [6.45, 7) is 5.88. The van der Waals surface area contributed by atoms with Crippen molar-refractivity contribution in [1.82, 2.24) is 14.9 Å². The van der Waals surface area contributed by atoms with Gasteiger partial charge >= 0.3 is 0 Å². The molecule has 1 aromatic heterocycles. The van der Waals surface area contributed by atoms with Crippen molar-refractivity contribution >= 4 is 5.91 Å². The van der Waals surface area contributed by atoms with Crippen LogP contribution >= 0.6 is 0 Å². The molecule has 1 fully saturated rings. The lowest BCUT2D eigenvalue weighted by molar-refractivity contribution is 0.0742. The molecule has 1 amide bonds. The number of rotatable bonds is 4. The van der Waals surface area contributed by atoms with E-state index in [1.807, 2.05) is 42.2 Å². The second-order valence-corrected chi connectivity index (χ2v) is 7.20. The minimum atomic E-state index is 0.147. The van der Waals surface area contributed by atoms with E-state index in [9.17, 15) is 4.79 Å². The summed E-state index contributed by atoms with van der Waals surface area (Å²) < 4.78 is 0. The Labute approximate surface area is 156 Å². The molecule has 1 aliphatic heterocycles. The van der Waals surface area contributed by atoms with Crippen LogP contribution in [-0.2, 0) is 6.42 Å². The van der Waals surface area contributed by atoms with E-state index in [0.29, 0.717) is 0 Å². The van der Waals surface area contributed by atoms with Gasteiger partial charge in [0, 0.05) is 36.3 Å².